The molecular formula is C11H14N4O2S2. The van der Waals surface area contributed by atoms with Crippen molar-refractivity contribution in [1.82, 2.24) is 15.2 Å². The van der Waals surface area contributed by atoms with Gasteiger partial charge < -0.3 is 4.42 Å². The van der Waals surface area contributed by atoms with Gasteiger partial charge in [-0.2, -0.15) is 0 Å². The maximum absolute atomic E-state index is 11.7. The second-order valence-electron chi connectivity index (χ2n) is 3.81. The Kier molecular flexibility index (Phi) is 4.54. The van der Waals surface area contributed by atoms with Gasteiger partial charge in [0.2, 0.25) is 11.0 Å². The number of hydrogen-bond donors (Lipinski definition) is 1. The molecule has 1 N–H and O–H groups in total. The summed E-state index contributed by atoms with van der Waals surface area (Å²) in [5.41, 5.74) is 0.847. The summed E-state index contributed by atoms with van der Waals surface area (Å²) in [6.45, 7) is 5.71. The van der Waals surface area contributed by atoms with Crippen LogP contribution >= 0.6 is 23.1 Å². The fraction of sp³-hybridized carbons (Fsp3) is 0.455. The van der Waals surface area contributed by atoms with Crippen LogP contribution in [0.3, 0.4) is 0 Å². The van der Waals surface area contributed by atoms with Crippen LogP contribution in [0.15, 0.2) is 9.64 Å². The minimum atomic E-state index is -0.141. The van der Waals surface area contributed by atoms with E-state index in [0.29, 0.717) is 10.4 Å². The zero-order valence-corrected chi connectivity index (χ0v) is 12.5. The molecule has 0 saturated carbocycles. The summed E-state index contributed by atoms with van der Waals surface area (Å²) in [6, 6.07) is 0. The van der Waals surface area contributed by atoms with E-state index in [1.165, 1.54) is 23.1 Å². The monoisotopic (exact) mass is 298 g/mol. The van der Waals surface area contributed by atoms with Gasteiger partial charge in [-0.3, -0.25) is 10.1 Å². The zero-order valence-electron chi connectivity index (χ0n) is 10.9. The van der Waals surface area contributed by atoms with Crippen LogP contribution in [-0.4, -0.2) is 26.8 Å². The Morgan fingerprint density at radius 3 is 2.79 bits per heavy atom. The van der Waals surface area contributed by atoms with Crippen LogP contribution in [0.4, 0.5) is 5.13 Å². The van der Waals surface area contributed by atoms with Crippen LogP contribution < -0.4 is 5.32 Å². The number of carbonyl (C=O) groups excluding carboxylic acids is 1. The normalized spacial score (nSPS) is 10.7. The van der Waals surface area contributed by atoms with Crippen LogP contribution in [0.1, 0.15) is 23.4 Å². The number of rotatable bonds is 5. The van der Waals surface area contributed by atoms with E-state index in [-0.39, 0.29) is 11.7 Å². The molecule has 19 heavy (non-hydrogen) atoms. The number of nitrogens with one attached hydrogen (secondary N) is 1. The fourth-order valence-corrected chi connectivity index (χ4v) is 2.64. The molecule has 0 fully saturated rings. The molecule has 6 nitrogen and oxygen atoms in total. The molecule has 0 saturated heterocycles. The minimum Gasteiger partial charge on any atom is -0.437 e. The van der Waals surface area contributed by atoms with E-state index in [1.807, 2.05) is 20.8 Å². The van der Waals surface area contributed by atoms with Gasteiger partial charge in [0.25, 0.3) is 5.22 Å². The lowest BCUT2D eigenvalue weighted by atomic mass is 10.4. The third-order valence-corrected chi connectivity index (χ3v) is 4.16. The molecule has 0 spiro atoms. The molecule has 0 aliphatic rings. The summed E-state index contributed by atoms with van der Waals surface area (Å²) in [5, 5.41) is 12.5. The lowest BCUT2D eigenvalue weighted by Crippen LogP contribution is -2.13. The van der Waals surface area contributed by atoms with Gasteiger partial charge in [0.15, 0.2) is 0 Å². The highest BCUT2D eigenvalue weighted by molar-refractivity contribution is 7.99. The van der Waals surface area contributed by atoms with Crippen molar-refractivity contribution in [2.75, 3.05) is 11.1 Å². The standard InChI is InChI=1S/C11H14N4O2S2/c1-4-9-14-15-10(19-9)13-8(16)5-18-11-12-6(2)7(3)17-11/h4-5H2,1-3H3,(H,13,15,16). The Balaban J connectivity index is 1.84. The Labute approximate surface area is 119 Å². The first-order chi connectivity index (χ1) is 9.08. The molecule has 2 heterocycles. The number of thioether (sulfide) groups is 1. The van der Waals surface area contributed by atoms with Gasteiger partial charge in [0.1, 0.15) is 10.8 Å². The highest BCUT2D eigenvalue weighted by Gasteiger charge is 2.11. The second-order valence-corrected chi connectivity index (χ2v) is 5.80. The molecule has 102 valence electrons. The van der Waals surface area contributed by atoms with Crippen molar-refractivity contribution in [1.29, 1.82) is 0 Å². The number of carbonyl (C=O) groups is 1. The van der Waals surface area contributed by atoms with Gasteiger partial charge >= 0.3 is 0 Å². The van der Waals surface area contributed by atoms with Crippen LogP contribution in [0.25, 0.3) is 0 Å². The van der Waals surface area contributed by atoms with E-state index in [9.17, 15) is 4.79 Å². The third kappa shape index (κ3) is 3.77. The molecule has 0 unspecified atom stereocenters. The first-order valence-electron chi connectivity index (χ1n) is 5.77. The Hall–Kier alpha value is -1.41. The third-order valence-electron chi connectivity index (χ3n) is 2.35. The average Bonchev–Trinajstić information content (AvgIpc) is 2.95. The van der Waals surface area contributed by atoms with Crippen LogP contribution in [0.2, 0.25) is 0 Å². The minimum absolute atomic E-state index is 0.141. The van der Waals surface area contributed by atoms with E-state index in [0.717, 1.165) is 22.9 Å². The summed E-state index contributed by atoms with van der Waals surface area (Å²) >= 11 is 2.65. The number of oxazole rings is 1. The first kappa shape index (κ1) is 14.0. The molecule has 0 radical (unpaired) electrons. The van der Waals surface area contributed by atoms with Crippen LogP contribution in [0, 0.1) is 13.8 Å². The highest BCUT2D eigenvalue weighted by atomic mass is 32.2. The van der Waals surface area contributed by atoms with E-state index in [4.69, 9.17) is 4.42 Å². The summed E-state index contributed by atoms with van der Waals surface area (Å²) in [4.78, 5) is 15.9. The van der Waals surface area contributed by atoms with Gasteiger partial charge in [-0.1, -0.05) is 30.0 Å². The van der Waals surface area contributed by atoms with Gasteiger partial charge in [-0.25, -0.2) is 4.98 Å². The van der Waals surface area contributed by atoms with E-state index in [1.54, 1.807) is 0 Å². The quantitative estimate of drug-likeness (QED) is 0.854. The summed E-state index contributed by atoms with van der Waals surface area (Å²) < 4.78 is 5.38. The Morgan fingerprint density at radius 2 is 2.21 bits per heavy atom. The lowest BCUT2D eigenvalue weighted by Gasteiger charge is -1.98. The topological polar surface area (TPSA) is 80.9 Å². The van der Waals surface area contributed by atoms with E-state index in [2.05, 4.69) is 20.5 Å². The first-order valence-corrected chi connectivity index (χ1v) is 7.57. The molecule has 2 aromatic heterocycles. The van der Waals surface area contributed by atoms with E-state index < -0.39 is 0 Å². The average molecular weight is 298 g/mol. The predicted molar refractivity (Wildman–Crippen MR) is 74.6 cm³/mol. The molecule has 8 heteroatoms. The van der Waals surface area contributed by atoms with Crippen LogP contribution in [-0.2, 0) is 11.2 Å². The van der Waals surface area contributed by atoms with Gasteiger partial charge in [0.05, 0.1) is 11.4 Å². The van der Waals surface area contributed by atoms with Crippen molar-refractivity contribution >= 4 is 34.1 Å². The molecule has 0 aromatic carbocycles. The number of hydrogen-bond acceptors (Lipinski definition) is 7. The molecule has 0 bridgehead atoms. The van der Waals surface area contributed by atoms with Crippen molar-refractivity contribution in [3.05, 3.63) is 16.5 Å². The fourth-order valence-electron chi connectivity index (χ4n) is 1.23. The van der Waals surface area contributed by atoms with Gasteiger partial charge in [-0.05, 0) is 20.3 Å². The smallest absolute Gasteiger partial charge is 0.256 e. The maximum Gasteiger partial charge on any atom is 0.256 e. The molecule has 2 rings (SSSR count). The van der Waals surface area contributed by atoms with E-state index >= 15 is 0 Å². The van der Waals surface area contributed by atoms with Crippen molar-refractivity contribution in [3.63, 3.8) is 0 Å². The molecular weight excluding hydrogens is 284 g/mol. The predicted octanol–water partition coefficient (Wildman–Crippen LogP) is 2.44. The SMILES string of the molecule is CCc1nnc(NC(=O)CSc2nc(C)c(C)o2)s1. The van der Waals surface area contributed by atoms with Crippen molar-refractivity contribution in [2.24, 2.45) is 0 Å². The van der Waals surface area contributed by atoms with Crippen molar-refractivity contribution in [3.8, 4) is 0 Å². The maximum atomic E-state index is 11.7. The summed E-state index contributed by atoms with van der Waals surface area (Å²) in [6.07, 6.45) is 0.817. The molecule has 0 aliphatic carbocycles. The summed E-state index contributed by atoms with van der Waals surface area (Å²) in [7, 11) is 0. The van der Waals surface area contributed by atoms with Gasteiger partial charge in [0, 0.05) is 0 Å². The number of anilines is 1. The molecule has 1 amide bonds. The number of aromatic nitrogens is 3. The zero-order chi connectivity index (χ0) is 13.8. The molecule has 2 aromatic rings. The highest BCUT2D eigenvalue weighted by Crippen LogP contribution is 2.21. The number of aryl methyl sites for hydroxylation is 3. The Morgan fingerprint density at radius 1 is 1.42 bits per heavy atom. The lowest BCUT2D eigenvalue weighted by molar-refractivity contribution is -0.113. The van der Waals surface area contributed by atoms with Crippen molar-refractivity contribution in [2.45, 2.75) is 32.4 Å². The summed E-state index contributed by atoms with van der Waals surface area (Å²) in [5.74, 6) is 0.873. The second kappa shape index (κ2) is 6.16. The molecule has 0 aliphatic heterocycles. The number of amides is 1. The Bertz CT molecular complexity index is 560. The molecule has 0 atom stereocenters. The van der Waals surface area contributed by atoms with Crippen molar-refractivity contribution < 1.29 is 9.21 Å². The van der Waals surface area contributed by atoms with Crippen LogP contribution in [0.5, 0.6) is 0 Å². The van der Waals surface area contributed by atoms with Gasteiger partial charge in [-0.15, -0.1) is 10.2 Å². The largest absolute Gasteiger partial charge is 0.437 e. The number of nitrogens with zero attached hydrogens (tertiary/aromatic N) is 3.